The molecule has 9 heteroatoms. The van der Waals surface area contributed by atoms with E-state index in [1.54, 1.807) is 0 Å². The molecular formula is C27H41N7O2. The Morgan fingerprint density at radius 1 is 1.17 bits per heavy atom. The number of allylic oxidation sites excluding steroid dienone is 1. The van der Waals surface area contributed by atoms with Gasteiger partial charge in [-0.25, -0.2) is 0 Å². The van der Waals surface area contributed by atoms with Crippen molar-refractivity contribution in [3.63, 3.8) is 0 Å². The van der Waals surface area contributed by atoms with Gasteiger partial charge in [0.05, 0.1) is 30.4 Å². The van der Waals surface area contributed by atoms with E-state index in [0.29, 0.717) is 13.1 Å². The van der Waals surface area contributed by atoms with E-state index in [1.807, 2.05) is 11.9 Å². The van der Waals surface area contributed by atoms with Crippen LogP contribution in [0.4, 0.5) is 5.69 Å². The van der Waals surface area contributed by atoms with Gasteiger partial charge in [0, 0.05) is 31.4 Å². The second kappa shape index (κ2) is 9.70. The number of fused-ring (bicyclic) bond motifs is 7. The average Bonchev–Trinajstić information content (AvgIpc) is 3.13. The summed E-state index contributed by atoms with van der Waals surface area (Å²) in [6, 6.07) is 6.69. The number of aliphatic hydroxyl groups is 1. The lowest BCUT2D eigenvalue weighted by Crippen LogP contribution is -2.69. The van der Waals surface area contributed by atoms with Gasteiger partial charge in [0.1, 0.15) is 6.29 Å². The van der Waals surface area contributed by atoms with Crippen LogP contribution in [-0.4, -0.2) is 82.9 Å². The molecule has 1 amide bonds. The van der Waals surface area contributed by atoms with Crippen LogP contribution in [0.5, 0.6) is 0 Å². The van der Waals surface area contributed by atoms with Gasteiger partial charge in [-0.05, 0) is 75.8 Å². The molecular weight excluding hydrogens is 454 g/mol. The first-order valence-corrected chi connectivity index (χ1v) is 13.7. The molecule has 2 bridgehead atoms. The smallest absolute Gasteiger partial charge is 0.244 e. The van der Waals surface area contributed by atoms with Gasteiger partial charge < -0.3 is 15.3 Å². The maximum absolute atomic E-state index is 13.5. The highest BCUT2D eigenvalue weighted by atomic mass is 16.3. The Morgan fingerprint density at radius 3 is 2.94 bits per heavy atom. The highest BCUT2D eigenvalue weighted by Crippen LogP contribution is 2.34. The lowest BCUT2D eigenvalue weighted by atomic mass is 9.85. The largest absolute Gasteiger partial charge is 0.389 e. The minimum absolute atomic E-state index is 0.00575. The zero-order valence-electron chi connectivity index (χ0n) is 21.5. The van der Waals surface area contributed by atoms with Crippen LogP contribution in [0.25, 0.3) is 0 Å². The molecule has 6 unspecified atom stereocenters. The van der Waals surface area contributed by atoms with E-state index >= 15 is 0 Å². The molecule has 0 aliphatic carbocycles. The van der Waals surface area contributed by atoms with Crippen LogP contribution in [0.2, 0.25) is 0 Å². The highest BCUT2D eigenvalue weighted by molar-refractivity contribution is 5.82. The molecule has 9 nitrogen and oxygen atoms in total. The standard InChI is InChI=1S/C27H41N7O2/c1-27(36)12-4-3-5-13-33-25(35)21-16-28-26(31-24(21)34(33)23-8-6-7-22(27)30-23)29-20-10-9-18-11-14-32(2)17-19(18)15-20/h3,5,9-10,15,21-24,26,28-31,36H,4,6-8,11-14,16-17H2,1-2H3/b5-3-. The summed E-state index contributed by atoms with van der Waals surface area (Å²) in [6.45, 7) is 5.22. The minimum Gasteiger partial charge on any atom is -0.389 e. The predicted octanol–water partition coefficient (Wildman–Crippen LogP) is 1.13. The van der Waals surface area contributed by atoms with Crippen molar-refractivity contribution in [3.8, 4) is 0 Å². The fourth-order valence-electron chi connectivity index (χ4n) is 6.69. The number of hydrogen-bond donors (Lipinski definition) is 5. The molecule has 196 valence electrons. The van der Waals surface area contributed by atoms with Gasteiger partial charge in [-0.2, -0.15) is 5.01 Å². The van der Waals surface area contributed by atoms with Crippen LogP contribution >= 0.6 is 0 Å². The summed E-state index contributed by atoms with van der Waals surface area (Å²) >= 11 is 0. The molecule has 5 aliphatic heterocycles. The van der Waals surface area contributed by atoms with Crippen molar-refractivity contribution in [2.45, 2.75) is 82.3 Å². The lowest BCUT2D eigenvalue weighted by Gasteiger charge is -2.47. The number of nitrogens with zero attached hydrogens (tertiary/aromatic N) is 3. The normalized spacial score (nSPS) is 38.5. The van der Waals surface area contributed by atoms with Gasteiger partial charge in [0.2, 0.25) is 5.91 Å². The molecule has 0 radical (unpaired) electrons. The Bertz CT molecular complexity index is 1010. The Morgan fingerprint density at radius 2 is 2.06 bits per heavy atom. The molecule has 3 fully saturated rings. The molecule has 0 aromatic heterocycles. The van der Waals surface area contributed by atoms with Crippen molar-refractivity contribution in [2.24, 2.45) is 5.92 Å². The van der Waals surface area contributed by atoms with Crippen LogP contribution in [0, 0.1) is 5.92 Å². The van der Waals surface area contributed by atoms with E-state index in [2.05, 4.69) is 68.6 Å². The summed E-state index contributed by atoms with van der Waals surface area (Å²) < 4.78 is 0. The molecule has 5 N–H and O–H groups in total. The Labute approximate surface area is 214 Å². The van der Waals surface area contributed by atoms with E-state index < -0.39 is 5.60 Å². The zero-order valence-corrected chi connectivity index (χ0v) is 21.5. The molecule has 5 heterocycles. The molecule has 1 aromatic rings. The molecule has 0 saturated carbocycles. The van der Waals surface area contributed by atoms with Crippen molar-refractivity contribution in [3.05, 3.63) is 41.5 Å². The second-order valence-corrected chi connectivity index (χ2v) is 11.5. The highest BCUT2D eigenvalue weighted by Gasteiger charge is 2.52. The van der Waals surface area contributed by atoms with E-state index in [-0.39, 0.29) is 36.5 Å². The van der Waals surface area contributed by atoms with E-state index in [1.165, 1.54) is 11.1 Å². The molecule has 0 spiro atoms. The lowest BCUT2D eigenvalue weighted by molar-refractivity contribution is -0.146. The number of piperidine rings is 1. The van der Waals surface area contributed by atoms with E-state index in [0.717, 1.165) is 57.3 Å². The van der Waals surface area contributed by atoms with Crippen molar-refractivity contribution < 1.29 is 9.90 Å². The minimum atomic E-state index is -0.770. The first kappa shape index (κ1) is 24.3. The number of anilines is 1. The number of nitrogens with one attached hydrogen (secondary N) is 4. The average molecular weight is 496 g/mol. The number of likely N-dealkylation sites (N-methyl/N-ethyl adjacent to an activating group) is 1. The van der Waals surface area contributed by atoms with Crippen LogP contribution in [-0.2, 0) is 17.8 Å². The number of hydrazine groups is 1. The van der Waals surface area contributed by atoms with Crippen LogP contribution < -0.4 is 21.3 Å². The summed E-state index contributed by atoms with van der Waals surface area (Å²) in [4.78, 5) is 15.9. The number of rotatable bonds is 2. The molecule has 36 heavy (non-hydrogen) atoms. The van der Waals surface area contributed by atoms with Crippen molar-refractivity contribution >= 4 is 11.6 Å². The first-order valence-electron chi connectivity index (χ1n) is 13.7. The maximum atomic E-state index is 13.5. The van der Waals surface area contributed by atoms with Crippen molar-refractivity contribution in [2.75, 3.05) is 32.0 Å². The summed E-state index contributed by atoms with van der Waals surface area (Å²) in [5.74, 6) is 0.00843. The number of carbonyl (C=O) groups excluding carboxylic acids is 1. The molecule has 6 rings (SSSR count). The summed E-state index contributed by atoms with van der Waals surface area (Å²) in [5, 5.41) is 30.0. The molecule has 6 atom stereocenters. The monoisotopic (exact) mass is 495 g/mol. The Balaban J connectivity index is 1.23. The van der Waals surface area contributed by atoms with Crippen molar-refractivity contribution in [1.29, 1.82) is 0 Å². The van der Waals surface area contributed by atoms with Gasteiger partial charge in [0.15, 0.2) is 0 Å². The third-order valence-corrected chi connectivity index (χ3v) is 8.81. The summed E-state index contributed by atoms with van der Waals surface area (Å²) in [5.41, 5.74) is 3.13. The topological polar surface area (TPSA) is 95.1 Å². The van der Waals surface area contributed by atoms with Crippen LogP contribution in [0.1, 0.15) is 50.2 Å². The first-order chi connectivity index (χ1) is 17.4. The van der Waals surface area contributed by atoms with Gasteiger partial charge in [0.25, 0.3) is 0 Å². The number of carbonyl (C=O) groups is 1. The zero-order chi connectivity index (χ0) is 24.9. The fraction of sp³-hybridized carbons (Fsp3) is 0.667. The SMILES string of the molecule is CN1CCc2ccc(NC3NCC4C(=O)N5C/C=C\CCC(C)(O)C6CCCC(N6)N5C4N3)cc2C1. The number of hydrogen-bond acceptors (Lipinski definition) is 8. The Hall–Kier alpha value is -2.01. The molecule has 3 saturated heterocycles. The van der Waals surface area contributed by atoms with Crippen LogP contribution in [0.3, 0.4) is 0 Å². The quantitative estimate of drug-likeness (QED) is 0.390. The fourth-order valence-corrected chi connectivity index (χ4v) is 6.69. The summed E-state index contributed by atoms with van der Waals surface area (Å²) in [6.07, 6.45) is 9.51. The van der Waals surface area contributed by atoms with Gasteiger partial charge in [-0.3, -0.25) is 25.8 Å². The number of amides is 1. The number of benzene rings is 1. The third-order valence-electron chi connectivity index (χ3n) is 8.81. The van der Waals surface area contributed by atoms with Gasteiger partial charge >= 0.3 is 0 Å². The third kappa shape index (κ3) is 4.57. The predicted molar refractivity (Wildman–Crippen MR) is 139 cm³/mol. The second-order valence-electron chi connectivity index (χ2n) is 11.5. The molecule has 1 aromatic carbocycles. The summed E-state index contributed by atoms with van der Waals surface area (Å²) in [7, 11) is 2.17. The Kier molecular flexibility index (Phi) is 6.56. The maximum Gasteiger partial charge on any atom is 0.244 e. The van der Waals surface area contributed by atoms with Crippen molar-refractivity contribution in [1.82, 2.24) is 30.9 Å². The van der Waals surface area contributed by atoms with Crippen LogP contribution in [0.15, 0.2) is 30.4 Å². The van der Waals surface area contributed by atoms with E-state index in [4.69, 9.17) is 0 Å². The van der Waals surface area contributed by atoms with Gasteiger partial charge in [-0.15, -0.1) is 0 Å². The van der Waals surface area contributed by atoms with Gasteiger partial charge in [-0.1, -0.05) is 18.2 Å². The van der Waals surface area contributed by atoms with E-state index in [9.17, 15) is 9.90 Å². The molecule has 5 aliphatic rings.